The summed E-state index contributed by atoms with van der Waals surface area (Å²) in [6.45, 7) is 1.70. The van der Waals surface area contributed by atoms with Crippen molar-refractivity contribution < 1.29 is 17.7 Å². The molecule has 0 aliphatic carbocycles. The van der Waals surface area contributed by atoms with Crippen LogP contribution in [-0.4, -0.2) is 36.3 Å². The van der Waals surface area contributed by atoms with Crippen molar-refractivity contribution in [1.82, 2.24) is 4.72 Å². The minimum Gasteiger partial charge on any atom is -0.389 e. The fraction of sp³-hybridized carbons (Fsp3) is 0.455. The lowest BCUT2D eigenvalue weighted by Gasteiger charge is -2.09. The average molecular weight is 291 g/mol. The second kappa shape index (κ2) is 6.42. The van der Waals surface area contributed by atoms with E-state index in [1.54, 1.807) is 19.1 Å². The van der Waals surface area contributed by atoms with E-state index < -0.39 is 26.9 Å². The Hall–Kier alpha value is -0.760. The van der Waals surface area contributed by atoms with Crippen molar-refractivity contribution in [3.8, 4) is 0 Å². The second-order valence-corrected chi connectivity index (χ2v) is 7.25. The number of aliphatic hydroxyl groups is 1. The summed E-state index contributed by atoms with van der Waals surface area (Å²) < 4.78 is 37.0. The minimum atomic E-state index is -3.61. The van der Waals surface area contributed by atoms with Gasteiger partial charge in [-0.3, -0.25) is 4.21 Å². The van der Waals surface area contributed by atoms with Crippen molar-refractivity contribution >= 4 is 20.8 Å². The molecule has 0 bridgehead atoms. The molecule has 0 aliphatic heterocycles. The molecule has 2 atom stereocenters. The Morgan fingerprint density at radius 2 is 2.11 bits per heavy atom. The van der Waals surface area contributed by atoms with E-state index >= 15 is 0 Å². The molecule has 5 nitrogen and oxygen atoms in total. The Morgan fingerprint density at radius 1 is 1.44 bits per heavy atom. The Labute approximate surface area is 110 Å². The van der Waals surface area contributed by atoms with Crippen LogP contribution in [-0.2, 0) is 20.8 Å². The number of benzene rings is 1. The Morgan fingerprint density at radius 3 is 2.67 bits per heavy atom. The smallest absolute Gasteiger partial charge is 0.240 e. The molecule has 0 aromatic heterocycles. The first-order valence-corrected chi connectivity index (χ1v) is 8.61. The van der Waals surface area contributed by atoms with Crippen LogP contribution in [0.3, 0.4) is 0 Å². The quantitative estimate of drug-likeness (QED) is 0.794. The lowest BCUT2D eigenvalue weighted by Crippen LogP contribution is -2.27. The highest BCUT2D eigenvalue weighted by molar-refractivity contribution is 7.89. The molecule has 2 N–H and O–H groups in total. The first kappa shape index (κ1) is 15.3. The van der Waals surface area contributed by atoms with Crippen molar-refractivity contribution in [3.05, 3.63) is 29.8 Å². The lowest BCUT2D eigenvalue weighted by atomic mass is 10.1. The Bertz CT molecular complexity index is 526. The summed E-state index contributed by atoms with van der Waals surface area (Å²) in [4.78, 5) is 0.0998. The van der Waals surface area contributed by atoms with Gasteiger partial charge in [-0.2, -0.15) is 0 Å². The van der Waals surface area contributed by atoms with Gasteiger partial charge in [-0.1, -0.05) is 12.1 Å². The Kier molecular flexibility index (Phi) is 5.46. The zero-order chi connectivity index (χ0) is 13.8. The molecule has 0 saturated carbocycles. The monoisotopic (exact) mass is 291 g/mol. The van der Waals surface area contributed by atoms with E-state index in [1.165, 1.54) is 18.4 Å². The summed E-state index contributed by atoms with van der Waals surface area (Å²) in [6.07, 6.45) is 0.797. The van der Waals surface area contributed by atoms with Gasteiger partial charge in [-0.05, 0) is 24.6 Å². The van der Waals surface area contributed by atoms with Crippen LogP contribution in [0.5, 0.6) is 0 Å². The Balaban J connectivity index is 2.84. The van der Waals surface area contributed by atoms with Crippen LogP contribution in [0, 0.1) is 0 Å². The lowest BCUT2D eigenvalue weighted by molar-refractivity contribution is 0.199. The molecular formula is C11H17NO4S2. The summed E-state index contributed by atoms with van der Waals surface area (Å²) >= 11 is 0. The predicted molar refractivity (Wildman–Crippen MR) is 71.2 cm³/mol. The van der Waals surface area contributed by atoms with Crippen molar-refractivity contribution in [2.75, 3.05) is 18.6 Å². The zero-order valence-corrected chi connectivity index (χ0v) is 11.9. The molecule has 0 fully saturated rings. The first-order valence-electron chi connectivity index (χ1n) is 5.40. The molecule has 1 aromatic rings. The minimum absolute atomic E-state index is 0.0998. The van der Waals surface area contributed by atoms with Gasteiger partial charge in [0, 0.05) is 29.4 Å². The van der Waals surface area contributed by atoms with E-state index in [9.17, 15) is 17.7 Å². The fourth-order valence-corrected chi connectivity index (χ4v) is 2.95. The van der Waals surface area contributed by atoms with Gasteiger partial charge in [-0.15, -0.1) is 0 Å². The second-order valence-electron chi connectivity index (χ2n) is 3.92. The maximum atomic E-state index is 11.9. The number of aliphatic hydroxyl groups excluding tert-OH is 1. The molecule has 0 saturated heterocycles. The van der Waals surface area contributed by atoms with Gasteiger partial charge in [0.05, 0.1) is 11.0 Å². The van der Waals surface area contributed by atoms with Crippen LogP contribution < -0.4 is 4.72 Å². The van der Waals surface area contributed by atoms with Crippen molar-refractivity contribution in [1.29, 1.82) is 0 Å². The van der Waals surface area contributed by atoms with E-state index in [0.29, 0.717) is 5.56 Å². The third-order valence-electron chi connectivity index (χ3n) is 2.33. The van der Waals surface area contributed by atoms with Crippen LogP contribution in [0.2, 0.25) is 0 Å². The van der Waals surface area contributed by atoms with Gasteiger partial charge >= 0.3 is 0 Å². The maximum absolute atomic E-state index is 11.9. The first-order chi connectivity index (χ1) is 8.33. The summed E-state index contributed by atoms with van der Waals surface area (Å²) in [5, 5.41) is 9.41. The van der Waals surface area contributed by atoms with Crippen molar-refractivity contribution in [3.63, 3.8) is 0 Å². The van der Waals surface area contributed by atoms with Crippen LogP contribution in [0.15, 0.2) is 29.2 Å². The zero-order valence-electron chi connectivity index (χ0n) is 10.3. The van der Waals surface area contributed by atoms with E-state index in [-0.39, 0.29) is 17.2 Å². The molecule has 7 heteroatoms. The van der Waals surface area contributed by atoms with Crippen molar-refractivity contribution in [2.24, 2.45) is 0 Å². The molecule has 0 heterocycles. The number of hydrogen-bond acceptors (Lipinski definition) is 4. The molecule has 1 aromatic carbocycles. The van der Waals surface area contributed by atoms with Gasteiger partial charge < -0.3 is 5.11 Å². The molecule has 102 valence electrons. The van der Waals surface area contributed by atoms with Gasteiger partial charge in [-0.25, -0.2) is 13.1 Å². The molecule has 0 radical (unpaired) electrons. The highest BCUT2D eigenvalue weighted by Gasteiger charge is 2.14. The summed E-state index contributed by atoms with van der Waals surface area (Å²) in [7, 11) is -4.64. The van der Waals surface area contributed by atoms with Crippen LogP contribution in [0.1, 0.15) is 18.6 Å². The number of hydrogen-bond donors (Lipinski definition) is 2. The van der Waals surface area contributed by atoms with Gasteiger partial charge in [0.2, 0.25) is 10.0 Å². The summed E-state index contributed by atoms with van der Waals surface area (Å²) in [5.74, 6) is 0.273. The van der Waals surface area contributed by atoms with Gasteiger partial charge in [0.25, 0.3) is 0 Å². The summed E-state index contributed by atoms with van der Waals surface area (Å²) in [5.41, 5.74) is 0.539. The molecule has 0 amide bonds. The molecule has 0 spiro atoms. The van der Waals surface area contributed by atoms with Gasteiger partial charge in [0.15, 0.2) is 0 Å². The highest BCUT2D eigenvalue weighted by Crippen LogP contribution is 2.16. The maximum Gasteiger partial charge on any atom is 0.240 e. The van der Waals surface area contributed by atoms with E-state index in [2.05, 4.69) is 4.72 Å². The molecule has 18 heavy (non-hydrogen) atoms. The average Bonchev–Trinajstić information content (AvgIpc) is 2.28. The van der Waals surface area contributed by atoms with E-state index in [4.69, 9.17) is 0 Å². The number of nitrogens with one attached hydrogen (secondary N) is 1. The van der Waals surface area contributed by atoms with Crippen LogP contribution in [0.4, 0.5) is 0 Å². The van der Waals surface area contributed by atoms with E-state index in [0.717, 1.165) is 0 Å². The van der Waals surface area contributed by atoms with E-state index in [1.807, 2.05) is 0 Å². The third kappa shape index (κ3) is 4.49. The molecule has 0 aliphatic rings. The van der Waals surface area contributed by atoms with Crippen molar-refractivity contribution in [2.45, 2.75) is 17.9 Å². The number of sulfonamides is 1. The van der Waals surface area contributed by atoms with Crippen LogP contribution in [0.25, 0.3) is 0 Å². The number of rotatable bonds is 6. The third-order valence-corrected chi connectivity index (χ3v) is 4.57. The van der Waals surface area contributed by atoms with Crippen LogP contribution >= 0.6 is 0 Å². The van der Waals surface area contributed by atoms with Gasteiger partial charge in [0.1, 0.15) is 0 Å². The largest absolute Gasteiger partial charge is 0.389 e. The highest BCUT2D eigenvalue weighted by atomic mass is 32.2. The predicted octanol–water partition coefficient (Wildman–Crippen LogP) is 0.397. The fourth-order valence-electron chi connectivity index (χ4n) is 1.34. The standard InChI is InChI=1S/C11H17NO4S2/c1-9(13)10-4-3-5-11(8-10)18(15,16)12-6-7-17(2)14/h3-5,8-9,12-13H,6-7H2,1-2H3. The molecule has 2 unspecified atom stereocenters. The normalized spacial score (nSPS) is 15.3. The topological polar surface area (TPSA) is 83.5 Å². The molecular weight excluding hydrogens is 274 g/mol. The molecule has 1 rings (SSSR count). The summed E-state index contributed by atoms with van der Waals surface area (Å²) in [6, 6.07) is 6.12. The SMILES string of the molecule is CC(O)c1cccc(S(=O)(=O)NCCS(C)=O)c1.